The zero-order chi connectivity index (χ0) is 24.4. The number of ether oxygens (including phenoxy) is 6. The Kier molecular flexibility index (Phi) is 6.36. The molecule has 1 heterocycles. The monoisotopic (exact) mass is 468 g/mol. The Morgan fingerprint density at radius 1 is 0.882 bits per heavy atom. The summed E-state index contributed by atoms with van der Waals surface area (Å²) < 4.78 is 32.5. The van der Waals surface area contributed by atoms with Gasteiger partial charge in [0.1, 0.15) is 22.8 Å². The molecule has 0 spiro atoms. The summed E-state index contributed by atoms with van der Waals surface area (Å²) in [5.74, 6) is -0.388. The molecular weight excluding hydrogens is 444 g/mol. The Hall–Kier alpha value is -4.14. The Bertz CT molecular complexity index is 1280. The number of hydrogen-bond donors (Lipinski definition) is 1. The molecule has 0 radical (unpaired) electrons. The van der Waals surface area contributed by atoms with Gasteiger partial charge in [-0.15, -0.1) is 0 Å². The van der Waals surface area contributed by atoms with Crippen molar-refractivity contribution in [1.82, 2.24) is 0 Å². The van der Waals surface area contributed by atoms with Crippen molar-refractivity contribution in [1.29, 1.82) is 0 Å². The maximum absolute atomic E-state index is 13.3. The molecule has 0 unspecified atom stereocenters. The van der Waals surface area contributed by atoms with Crippen LogP contribution in [0.2, 0.25) is 0 Å². The standard InChI is InChI=1S/C25H24O9/c1-5-31-24(27)21-20(16-9-13(29-3)7-8-17(16)30-4)14-10-18-19(34-12-33-18)11-15(14)23(26)22(21)25(28)32-6-2/h7-11,26H,5-6,12H2,1-4H3. The number of esters is 2. The number of carbonyl (C=O) groups excluding carboxylic acids is 2. The summed E-state index contributed by atoms with van der Waals surface area (Å²) in [5, 5.41) is 11.9. The number of rotatable bonds is 7. The predicted octanol–water partition coefficient (Wildman–Crippen LogP) is 4.31. The normalized spacial score (nSPS) is 11.9. The van der Waals surface area contributed by atoms with E-state index in [9.17, 15) is 14.7 Å². The summed E-state index contributed by atoms with van der Waals surface area (Å²) in [6.07, 6.45) is 0. The summed E-state index contributed by atoms with van der Waals surface area (Å²) in [7, 11) is 2.99. The SMILES string of the molecule is CCOC(=O)c1c(C(=O)OCC)c(-c2cc(OC)ccc2OC)c2cc3c(cc2c1O)OCO3. The molecule has 34 heavy (non-hydrogen) atoms. The lowest BCUT2D eigenvalue weighted by atomic mass is 9.87. The van der Waals surface area contributed by atoms with Crippen molar-refractivity contribution < 1.29 is 43.1 Å². The lowest BCUT2D eigenvalue weighted by Crippen LogP contribution is -2.16. The molecule has 9 nitrogen and oxygen atoms in total. The molecule has 4 rings (SSSR count). The van der Waals surface area contributed by atoms with Crippen LogP contribution in [0.4, 0.5) is 0 Å². The van der Waals surface area contributed by atoms with Crippen molar-refractivity contribution in [2.24, 2.45) is 0 Å². The van der Waals surface area contributed by atoms with Crippen molar-refractivity contribution in [3.8, 4) is 39.9 Å². The molecular formula is C25H24O9. The van der Waals surface area contributed by atoms with Crippen LogP contribution in [0.15, 0.2) is 30.3 Å². The number of fused-ring (bicyclic) bond motifs is 2. The van der Waals surface area contributed by atoms with Gasteiger partial charge >= 0.3 is 11.9 Å². The smallest absolute Gasteiger partial charge is 0.342 e. The minimum absolute atomic E-state index is 0.000299. The van der Waals surface area contributed by atoms with E-state index < -0.39 is 17.7 Å². The quantitative estimate of drug-likeness (QED) is 0.507. The van der Waals surface area contributed by atoms with Crippen molar-refractivity contribution in [2.75, 3.05) is 34.2 Å². The fourth-order valence-corrected chi connectivity index (χ4v) is 3.96. The Morgan fingerprint density at radius 2 is 1.50 bits per heavy atom. The first-order chi connectivity index (χ1) is 16.4. The van der Waals surface area contributed by atoms with E-state index in [4.69, 9.17) is 28.4 Å². The van der Waals surface area contributed by atoms with Gasteiger partial charge in [0.15, 0.2) is 11.5 Å². The summed E-state index contributed by atoms with van der Waals surface area (Å²) in [6, 6.07) is 8.26. The van der Waals surface area contributed by atoms with E-state index in [1.54, 1.807) is 44.2 Å². The summed E-state index contributed by atoms with van der Waals surface area (Å²) in [4.78, 5) is 26.3. The molecule has 0 atom stereocenters. The Morgan fingerprint density at radius 3 is 2.09 bits per heavy atom. The van der Waals surface area contributed by atoms with Crippen molar-refractivity contribution in [3.05, 3.63) is 41.5 Å². The van der Waals surface area contributed by atoms with Crippen LogP contribution in [0.25, 0.3) is 21.9 Å². The first kappa shape index (κ1) is 23.0. The highest BCUT2D eigenvalue weighted by molar-refractivity contribution is 6.19. The predicted molar refractivity (Wildman–Crippen MR) is 122 cm³/mol. The lowest BCUT2D eigenvalue weighted by molar-refractivity contribution is 0.0477. The molecule has 3 aromatic carbocycles. The minimum Gasteiger partial charge on any atom is -0.506 e. The van der Waals surface area contributed by atoms with Gasteiger partial charge in [0.2, 0.25) is 6.79 Å². The number of phenolic OH excluding ortho intramolecular Hbond substituents is 1. The summed E-state index contributed by atoms with van der Waals surface area (Å²) in [6.45, 7) is 3.36. The van der Waals surface area contributed by atoms with Gasteiger partial charge in [-0.25, -0.2) is 9.59 Å². The third-order valence-electron chi connectivity index (χ3n) is 5.41. The van der Waals surface area contributed by atoms with Gasteiger partial charge in [-0.2, -0.15) is 0 Å². The fraction of sp³-hybridized carbons (Fsp3) is 0.280. The number of benzene rings is 3. The molecule has 0 amide bonds. The van der Waals surface area contributed by atoms with Gasteiger partial charge in [0.05, 0.1) is 33.0 Å². The molecule has 1 N–H and O–H groups in total. The largest absolute Gasteiger partial charge is 0.506 e. The number of aromatic hydroxyl groups is 1. The highest BCUT2D eigenvalue weighted by Crippen LogP contribution is 2.49. The molecule has 0 aliphatic carbocycles. The summed E-state index contributed by atoms with van der Waals surface area (Å²) in [5.41, 5.74) is 0.268. The molecule has 0 aromatic heterocycles. The number of methoxy groups -OCH3 is 2. The molecule has 3 aromatic rings. The van der Waals surface area contributed by atoms with E-state index in [0.29, 0.717) is 39.5 Å². The van der Waals surface area contributed by atoms with Crippen molar-refractivity contribution >= 4 is 22.7 Å². The second-order valence-corrected chi connectivity index (χ2v) is 7.23. The topological polar surface area (TPSA) is 110 Å². The highest BCUT2D eigenvalue weighted by atomic mass is 16.7. The van der Waals surface area contributed by atoms with Gasteiger partial charge in [-0.3, -0.25) is 0 Å². The van der Waals surface area contributed by atoms with Gasteiger partial charge < -0.3 is 33.5 Å². The number of phenols is 1. The Labute approximate surface area is 195 Å². The second-order valence-electron chi connectivity index (χ2n) is 7.23. The molecule has 1 aliphatic heterocycles. The molecule has 0 bridgehead atoms. The van der Waals surface area contributed by atoms with E-state index in [1.807, 2.05) is 0 Å². The van der Waals surface area contributed by atoms with E-state index in [-0.39, 0.29) is 36.5 Å². The van der Waals surface area contributed by atoms with Crippen molar-refractivity contribution in [2.45, 2.75) is 13.8 Å². The third-order valence-corrected chi connectivity index (χ3v) is 5.41. The number of hydrogen-bond acceptors (Lipinski definition) is 9. The van der Waals surface area contributed by atoms with E-state index in [0.717, 1.165) is 0 Å². The summed E-state index contributed by atoms with van der Waals surface area (Å²) >= 11 is 0. The molecule has 0 saturated heterocycles. The zero-order valence-electron chi connectivity index (χ0n) is 19.2. The van der Waals surface area contributed by atoms with Gasteiger partial charge in [0, 0.05) is 16.5 Å². The van der Waals surface area contributed by atoms with Crippen LogP contribution in [0, 0.1) is 0 Å². The van der Waals surface area contributed by atoms with Crippen LogP contribution < -0.4 is 18.9 Å². The Balaban J connectivity index is 2.22. The lowest BCUT2D eigenvalue weighted by Gasteiger charge is -2.20. The van der Waals surface area contributed by atoms with Gasteiger partial charge in [-0.05, 0) is 49.6 Å². The van der Waals surface area contributed by atoms with Gasteiger partial charge in [-0.1, -0.05) is 0 Å². The van der Waals surface area contributed by atoms with Crippen LogP contribution >= 0.6 is 0 Å². The van der Waals surface area contributed by atoms with Crippen LogP contribution in [-0.4, -0.2) is 51.3 Å². The molecule has 0 saturated carbocycles. The van der Waals surface area contributed by atoms with Crippen molar-refractivity contribution in [3.63, 3.8) is 0 Å². The van der Waals surface area contributed by atoms with E-state index >= 15 is 0 Å². The maximum atomic E-state index is 13.3. The van der Waals surface area contributed by atoms with Crippen LogP contribution in [-0.2, 0) is 9.47 Å². The highest BCUT2D eigenvalue weighted by Gasteiger charge is 2.33. The van der Waals surface area contributed by atoms with Gasteiger partial charge in [0.25, 0.3) is 0 Å². The first-order valence-corrected chi connectivity index (χ1v) is 10.6. The van der Waals surface area contributed by atoms with E-state index in [2.05, 4.69) is 0 Å². The molecule has 9 heteroatoms. The molecule has 0 fully saturated rings. The third kappa shape index (κ3) is 3.79. The average Bonchev–Trinajstić information content (AvgIpc) is 3.30. The fourth-order valence-electron chi connectivity index (χ4n) is 3.96. The molecule has 178 valence electrons. The minimum atomic E-state index is -0.870. The van der Waals surface area contributed by atoms with Crippen LogP contribution in [0.5, 0.6) is 28.7 Å². The first-order valence-electron chi connectivity index (χ1n) is 10.6. The van der Waals surface area contributed by atoms with Crippen LogP contribution in [0.3, 0.4) is 0 Å². The maximum Gasteiger partial charge on any atom is 0.342 e. The van der Waals surface area contributed by atoms with Crippen LogP contribution in [0.1, 0.15) is 34.6 Å². The average molecular weight is 468 g/mol. The van der Waals surface area contributed by atoms with E-state index in [1.165, 1.54) is 14.2 Å². The second kappa shape index (κ2) is 9.38. The zero-order valence-corrected chi connectivity index (χ0v) is 19.2. The number of carbonyl (C=O) groups is 2. The molecule has 1 aliphatic rings.